The van der Waals surface area contributed by atoms with Crippen molar-refractivity contribution in [2.24, 2.45) is 0 Å². The van der Waals surface area contributed by atoms with Crippen LogP contribution in [0.5, 0.6) is 0 Å². The van der Waals surface area contributed by atoms with E-state index in [0.29, 0.717) is 16.8 Å². The topological polar surface area (TPSA) is 65.5 Å². The normalized spacial score (nSPS) is 10.4. The highest BCUT2D eigenvalue weighted by Gasteiger charge is 2.10. The molecule has 0 saturated heterocycles. The lowest BCUT2D eigenvalue weighted by Gasteiger charge is -2.22. The lowest BCUT2D eigenvalue weighted by atomic mass is 10.1. The summed E-state index contributed by atoms with van der Waals surface area (Å²) in [7, 11) is 0. The minimum absolute atomic E-state index is 0.139. The van der Waals surface area contributed by atoms with Crippen LogP contribution in [-0.4, -0.2) is 29.1 Å². The van der Waals surface area contributed by atoms with E-state index in [0.717, 1.165) is 25.2 Å². The zero-order valence-electron chi connectivity index (χ0n) is 13.6. The maximum Gasteiger partial charge on any atom is 0.255 e. The Balaban J connectivity index is 2.11. The van der Waals surface area contributed by atoms with Gasteiger partial charge in [-0.05, 0) is 43.7 Å². The summed E-state index contributed by atoms with van der Waals surface area (Å²) in [6.07, 6.45) is 4.21. The van der Waals surface area contributed by atoms with Crippen LogP contribution in [0.3, 0.4) is 0 Å². The third-order valence-electron chi connectivity index (χ3n) is 3.70. The van der Waals surface area contributed by atoms with E-state index in [4.69, 9.17) is 0 Å². The second-order valence-electron chi connectivity index (χ2n) is 5.27. The van der Waals surface area contributed by atoms with Crippen molar-refractivity contribution in [3.63, 3.8) is 0 Å². The van der Waals surface area contributed by atoms with Gasteiger partial charge in [0.1, 0.15) is 0 Å². The second kappa shape index (κ2) is 8.29. The number of pyridine rings is 1. The van der Waals surface area contributed by atoms with Crippen LogP contribution in [0.1, 0.15) is 36.2 Å². The van der Waals surface area contributed by atoms with Crippen molar-refractivity contribution in [2.45, 2.75) is 26.9 Å². The molecule has 0 fully saturated rings. The minimum Gasteiger partial charge on any atom is -0.392 e. The fourth-order valence-electron chi connectivity index (χ4n) is 2.43. The number of benzene rings is 1. The number of nitrogens with zero attached hydrogens (tertiary/aromatic N) is 2. The van der Waals surface area contributed by atoms with Crippen LogP contribution in [0.25, 0.3) is 0 Å². The summed E-state index contributed by atoms with van der Waals surface area (Å²) in [6, 6.07) is 9.24. The molecule has 23 heavy (non-hydrogen) atoms. The number of aliphatic hydroxyl groups excluding tert-OH is 1. The van der Waals surface area contributed by atoms with Gasteiger partial charge in [0, 0.05) is 36.1 Å². The zero-order chi connectivity index (χ0) is 16.7. The van der Waals surface area contributed by atoms with Gasteiger partial charge in [-0.2, -0.15) is 0 Å². The number of hydrogen-bond acceptors (Lipinski definition) is 4. The predicted molar refractivity (Wildman–Crippen MR) is 92.7 cm³/mol. The van der Waals surface area contributed by atoms with Crippen LogP contribution >= 0.6 is 0 Å². The van der Waals surface area contributed by atoms with E-state index < -0.39 is 0 Å². The molecule has 0 radical (unpaired) electrons. The third-order valence-corrected chi connectivity index (χ3v) is 3.70. The van der Waals surface area contributed by atoms with Crippen LogP contribution < -0.4 is 10.2 Å². The van der Waals surface area contributed by atoms with Gasteiger partial charge in [-0.1, -0.05) is 6.92 Å². The van der Waals surface area contributed by atoms with Crippen molar-refractivity contribution in [1.82, 2.24) is 4.98 Å². The summed E-state index contributed by atoms with van der Waals surface area (Å²) in [4.78, 5) is 18.6. The molecule has 0 aliphatic rings. The first-order valence-corrected chi connectivity index (χ1v) is 7.89. The van der Waals surface area contributed by atoms with Gasteiger partial charge in [0.25, 0.3) is 5.91 Å². The van der Waals surface area contributed by atoms with E-state index in [1.54, 1.807) is 12.3 Å². The molecule has 0 aliphatic carbocycles. The highest BCUT2D eigenvalue weighted by Crippen LogP contribution is 2.18. The van der Waals surface area contributed by atoms with Gasteiger partial charge in [0.05, 0.1) is 18.5 Å². The molecule has 122 valence electrons. The molecule has 1 aromatic heterocycles. The van der Waals surface area contributed by atoms with Crippen molar-refractivity contribution in [3.8, 4) is 0 Å². The summed E-state index contributed by atoms with van der Waals surface area (Å²) in [5.74, 6) is -0.210. The Morgan fingerprint density at radius 1 is 1.22 bits per heavy atom. The highest BCUT2D eigenvalue weighted by atomic mass is 16.3. The van der Waals surface area contributed by atoms with E-state index in [-0.39, 0.29) is 12.5 Å². The Morgan fingerprint density at radius 2 is 1.96 bits per heavy atom. The number of amides is 1. The molecule has 0 atom stereocenters. The molecule has 5 heteroatoms. The molecule has 2 rings (SSSR count). The Hall–Kier alpha value is -2.40. The van der Waals surface area contributed by atoms with E-state index >= 15 is 0 Å². The number of nitrogens with one attached hydrogen (secondary N) is 1. The smallest absolute Gasteiger partial charge is 0.255 e. The van der Waals surface area contributed by atoms with E-state index in [1.165, 1.54) is 6.20 Å². The van der Waals surface area contributed by atoms with E-state index in [1.807, 2.05) is 24.3 Å². The quantitative estimate of drug-likeness (QED) is 0.824. The van der Waals surface area contributed by atoms with Crippen molar-refractivity contribution in [2.75, 3.05) is 23.3 Å². The molecule has 0 saturated carbocycles. The zero-order valence-corrected chi connectivity index (χ0v) is 13.6. The van der Waals surface area contributed by atoms with Crippen molar-refractivity contribution >= 4 is 17.3 Å². The fourth-order valence-corrected chi connectivity index (χ4v) is 2.43. The molecule has 1 amide bonds. The number of rotatable bonds is 7. The summed E-state index contributed by atoms with van der Waals surface area (Å²) >= 11 is 0. The third kappa shape index (κ3) is 4.29. The Bertz CT molecular complexity index is 641. The fraction of sp³-hybridized carbons (Fsp3) is 0.333. The number of carbonyl (C=O) groups excluding carboxylic acids is 1. The standard InChI is InChI=1S/C18H23N3O2/c1-3-11-21(4-2)16-7-5-14(6-8-16)18(23)20-17-12-19-10-9-15(17)13-22/h5-10,12,22H,3-4,11,13H2,1-2H3,(H,20,23). The second-order valence-corrected chi connectivity index (χ2v) is 5.27. The minimum atomic E-state index is -0.210. The number of carbonyl (C=O) groups is 1. The average Bonchev–Trinajstić information content (AvgIpc) is 2.60. The maximum absolute atomic E-state index is 12.3. The Labute approximate surface area is 137 Å². The average molecular weight is 313 g/mol. The Kier molecular flexibility index (Phi) is 6.11. The van der Waals surface area contributed by atoms with Gasteiger partial charge in [0.2, 0.25) is 0 Å². The number of anilines is 2. The molecule has 0 unspecified atom stereocenters. The molecule has 0 bridgehead atoms. The first kappa shape index (κ1) is 17.0. The number of aromatic nitrogens is 1. The van der Waals surface area contributed by atoms with Gasteiger partial charge < -0.3 is 15.3 Å². The van der Waals surface area contributed by atoms with Gasteiger partial charge in [-0.25, -0.2) is 0 Å². The van der Waals surface area contributed by atoms with E-state index in [9.17, 15) is 9.90 Å². The van der Waals surface area contributed by atoms with Crippen LogP contribution in [0.4, 0.5) is 11.4 Å². The predicted octanol–water partition coefficient (Wildman–Crippen LogP) is 3.06. The molecular weight excluding hydrogens is 290 g/mol. The summed E-state index contributed by atoms with van der Waals surface area (Å²) in [6.45, 7) is 6.07. The number of aliphatic hydroxyl groups is 1. The first-order chi connectivity index (χ1) is 11.2. The molecular formula is C18H23N3O2. The lowest BCUT2D eigenvalue weighted by Crippen LogP contribution is -2.23. The summed E-state index contributed by atoms with van der Waals surface area (Å²) < 4.78 is 0. The molecule has 1 aromatic carbocycles. The molecule has 1 heterocycles. The SMILES string of the molecule is CCCN(CC)c1ccc(C(=O)Nc2cnccc2CO)cc1. The highest BCUT2D eigenvalue weighted by molar-refractivity contribution is 6.04. The van der Waals surface area contributed by atoms with Crippen LogP contribution in [0, 0.1) is 0 Å². The van der Waals surface area contributed by atoms with E-state index in [2.05, 4.69) is 29.0 Å². The molecule has 2 aromatic rings. The molecule has 0 aliphatic heterocycles. The van der Waals surface area contributed by atoms with Gasteiger partial charge in [0.15, 0.2) is 0 Å². The van der Waals surface area contributed by atoms with Crippen molar-refractivity contribution < 1.29 is 9.90 Å². The lowest BCUT2D eigenvalue weighted by molar-refractivity contribution is 0.102. The van der Waals surface area contributed by atoms with Gasteiger partial charge >= 0.3 is 0 Å². The summed E-state index contributed by atoms with van der Waals surface area (Å²) in [5, 5.41) is 12.1. The monoisotopic (exact) mass is 313 g/mol. The van der Waals surface area contributed by atoms with Crippen molar-refractivity contribution in [3.05, 3.63) is 53.9 Å². The van der Waals surface area contributed by atoms with Crippen molar-refractivity contribution in [1.29, 1.82) is 0 Å². The summed E-state index contributed by atoms with van der Waals surface area (Å²) in [5.41, 5.74) is 2.87. The molecule has 0 spiro atoms. The van der Waals surface area contributed by atoms with Crippen LogP contribution in [0.15, 0.2) is 42.7 Å². The molecule has 5 nitrogen and oxygen atoms in total. The largest absolute Gasteiger partial charge is 0.392 e. The Morgan fingerprint density at radius 3 is 2.57 bits per heavy atom. The number of hydrogen-bond donors (Lipinski definition) is 2. The van der Waals surface area contributed by atoms with Gasteiger partial charge in [-0.15, -0.1) is 0 Å². The maximum atomic E-state index is 12.3. The first-order valence-electron chi connectivity index (χ1n) is 7.89. The molecule has 2 N–H and O–H groups in total. The van der Waals surface area contributed by atoms with Crippen LogP contribution in [0.2, 0.25) is 0 Å². The van der Waals surface area contributed by atoms with Gasteiger partial charge in [-0.3, -0.25) is 9.78 Å². The van der Waals surface area contributed by atoms with Crippen LogP contribution in [-0.2, 0) is 6.61 Å².